The Kier molecular flexibility index (Phi) is 5.45. The monoisotopic (exact) mass is 413 g/mol. The standard InChI is InChI=1S/C19H19N5O2S2/c1-23-12-20-22-19(23)28-14-8-6-13(7-9-14)21-17(25)15-4-2-10-24(15)18(26)16-5-3-11-27-16/h3,5-9,11-12,15H,2,4,10H2,1H3,(H,21,25)/t15-/m0/s1. The molecule has 0 spiro atoms. The number of carbonyl (C=O) groups is 2. The van der Waals surface area contributed by atoms with Crippen LogP contribution in [0.15, 0.2) is 58.2 Å². The van der Waals surface area contributed by atoms with Crippen LogP contribution in [0.2, 0.25) is 0 Å². The van der Waals surface area contributed by atoms with Crippen LogP contribution in [0.1, 0.15) is 22.5 Å². The molecule has 2 aromatic heterocycles. The zero-order valence-electron chi connectivity index (χ0n) is 15.2. The number of benzene rings is 1. The number of aryl methyl sites for hydroxylation is 1. The predicted molar refractivity (Wildman–Crippen MR) is 109 cm³/mol. The minimum absolute atomic E-state index is 0.0666. The van der Waals surface area contributed by atoms with Crippen molar-refractivity contribution in [1.29, 1.82) is 0 Å². The summed E-state index contributed by atoms with van der Waals surface area (Å²) in [6, 6.07) is 10.8. The highest BCUT2D eigenvalue weighted by atomic mass is 32.2. The maximum absolute atomic E-state index is 12.8. The molecule has 1 atom stereocenters. The smallest absolute Gasteiger partial charge is 0.264 e. The van der Waals surface area contributed by atoms with Gasteiger partial charge in [-0.3, -0.25) is 9.59 Å². The minimum atomic E-state index is -0.428. The van der Waals surface area contributed by atoms with E-state index in [0.717, 1.165) is 16.5 Å². The van der Waals surface area contributed by atoms with Crippen LogP contribution in [0.25, 0.3) is 0 Å². The molecule has 1 aliphatic rings. The van der Waals surface area contributed by atoms with Crippen LogP contribution in [0, 0.1) is 0 Å². The normalized spacial score (nSPS) is 16.3. The molecule has 0 saturated carbocycles. The first-order valence-electron chi connectivity index (χ1n) is 8.89. The van der Waals surface area contributed by atoms with E-state index in [2.05, 4.69) is 15.5 Å². The Hall–Kier alpha value is -2.65. The minimum Gasteiger partial charge on any atom is -0.326 e. The topological polar surface area (TPSA) is 80.1 Å². The summed E-state index contributed by atoms with van der Waals surface area (Å²) in [6.45, 7) is 0.613. The highest BCUT2D eigenvalue weighted by Crippen LogP contribution is 2.27. The first-order valence-corrected chi connectivity index (χ1v) is 10.6. The molecule has 4 rings (SSSR count). The maximum Gasteiger partial charge on any atom is 0.264 e. The number of thiophene rings is 1. The molecule has 0 radical (unpaired) electrons. The molecule has 1 saturated heterocycles. The number of hydrogen-bond donors (Lipinski definition) is 1. The van der Waals surface area contributed by atoms with Gasteiger partial charge < -0.3 is 14.8 Å². The van der Waals surface area contributed by atoms with E-state index in [1.807, 2.05) is 47.3 Å². The molecule has 3 heterocycles. The summed E-state index contributed by atoms with van der Waals surface area (Å²) in [6.07, 6.45) is 3.17. The van der Waals surface area contributed by atoms with Gasteiger partial charge in [-0.1, -0.05) is 6.07 Å². The zero-order chi connectivity index (χ0) is 19.5. The third-order valence-corrected chi connectivity index (χ3v) is 6.47. The molecule has 0 unspecified atom stereocenters. The van der Waals surface area contributed by atoms with E-state index in [4.69, 9.17) is 0 Å². The second-order valence-corrected chi connectivity index (χ2v) is 8.46. The van der Waals surface area contributed by atoms with Gasteiger partial charge in [0.25, 0.3) is 5.91 Å². The molecule has 1 aromatic carbocycles. The average Bonchev–Trinajstić information content (AvgIpc) is 3.45. The first-order chi connectivity index (χ1) is 13.6. The van der Waals surface area contributed by atoms with Crippen molar-refractivity contribution in [2.24, 2.45) is 7.05 Å². The van der Waals surface area contributed by atoms with E-state index < -0.39 is 6.04 Å². The number of amides is 2. The van der Waals surface area contributed by atoms with Gasteiger partial charge in [-0.2, -0.15) is 0 Å². The van der Waals surface area contributed by atoms with Crippen LogP contribution in [0.5, 0.6) is 0 Å². The number of rotatable bonds is 5. The third kappa shape index (κ3) is 3.95. The van der Waals surface area contributed by atoms with Crippen molar-refractivity contribution in [1.82, 2.24) is 19.7 Å². The molecule has 9 heteroatoms. The molecule has 3 aromatic rings. The molecule has 28 heavy (non-hydrogen) atoms. The lowest BCUT2D eigenvalue weighted by Gasteiger charge is -2.23. The predicted octanol–water partition coefficient (Wildman–Crippen LogP) is 3.27. The summed E-state index contributed by atoms with van der Waals surface area (Å²) >= 11 is 2.90. The number of hydrogen-bond acceptors (Lipinski definition) is 6. The summed E-state index contributed by atoms with van der Waals surface area (Å²) in [4.78, 5) is 28.8. The average molecular weight is 414 g/mol. The van der Waals surface area contributed by atoms with Crippen molar-refractivity contribution in [2.45, 2.75) is 28.9 Å². The summed E-state index contributed by atoms with van der Waals surface area (Å²) in [5, 5.41) is 13.5. The number of aromatic nitrogens is 3. The van der Waals surface area contributed by atoms with E-state index in [0.29, 0.717) is 23.5 Å². The SMILES string of the molecule is Cn1cnnc1Sc1ccc(NC(=O)[C@@H]2CCCN2C(=O)c2cccs2)cc1. The Bertz CT molecular complexity index is 969. The Morgan fingerprint density at radius 3 is 2.75 bits per heavy atom. The molecule has 1 N–H and O–H groups in total. The maximum atomic E-state index is 12.8. The van der Waals surface area contributed by atoms with E-state index in [1.165, 1.54) is 23.1 Å². The summed E-state index contributed by atoms with van der Waals surface area (Å²) in [7, 11) is 1.89. The van der Waals surface area contributed by atoms with Crippen LogP contribution >= 0.6 is 23.1 Å². The Labute approximate surface area is 170 Å². The highest BCUT2D eigenvalue weighted by Gasteiger charge is 2.34. The summed E-state index contributed by atoms with van der Waals surface area (Å²) in [5.41, 5.74) is 0.711. The van der Waals surface area contributed by atoms with Gasteiger partial charge in [-0.05, 0) is 60.3 Å². The van der Waals surface area contributed by atoms with Crippen LogP contribution in [-0.4, -0.2) is 44.1 Å². The van der Waals surface area contributed by atoms with Gasteiger partial charge >= 0.3 is 0 Å². The molecule has 144 valence electrons. The fourth-order valence-corrected chi connectivity index (χ4v) is 4.57. The molecule has 0 bridgehead atoms. The zero-order valence-corrected chi connectivity index (χ0v) is 16.9. The van der Waals surface area contributed by atoms with Crippen LogP contribution in [-0.2, 0) is 11.8 Å². The molecule has 0 aliphatic carbocycles. The summed E-state index contributed by atoms with van der Waals surface area (Å²) < 4.78 is 1.85. The fraction of sp³-hybridized carbons (Fsp3) is 0.263. The number of likely N-dealkylation sites (tertiary alicyclic amines) is 1. The molecule has 1 aliphatic heterocycles. The van der Waals surface area contributed by atoms with Gasteiger partial charge in [-0.25, -0.2) is 0 Å². The van der Waals surface area contributed by atoms with Crippen molar-refractivity contribution in [3.8, 4) is 0 Å². The van der Waals surface area contributed by atoms with Gasteiger partial charge in [0.15, 0.2) is 5.16 Å². The number of anilines is 1. The van der Waals surface area contributed by atoms with Crippen molar-refractivity contribution in [2.75, 3.05) is 11.9 Å². The van der Waals surface area contributed by atoms with Gasteiger partial charge in [-0.15, -0.1) is 21.5 Å². The van der Waals surface area contributed by atoms with E-state index in [9.17, 15) is 9.59 Å². The number of nitrogens with zero attached hydrogens (tertiary/aromatic N) is 4. The van der Waals surface area contributed by atoms with Gasteiger partial charge in [0.1, 0.15) is 12.4 Å². The lowest BCUT2D eigenvalue weighted by atomic mass is 10.2. The fourth-order valence-electron chi connectivity index (χ4n) is 3.13. The quantitative estimate of drug-likeness (QED) is 0.694. The Morgan fingerprint density at radius 2 is 2.07 bits per heavy atom. The lowest BCUT2D eigenvalue weighted by Crippen LogP contribution is -2.42. The third-order valence-electron chi connectivity index (χ3n) is 4.55. The van der Waals surface area contributed by atoms with Gasteiger partial charge in [0.2, 0.25) is 5.91 Å². The van der Waals surface area contributed by atoms with E-state index in [-0.39, 0.29) is 11.8 Å². The van der Waals surface area contributed by atoms with Gasteiger partial charge in [0, 0.05) is 24.2 Å². The van der Waals surface area contributed by atoms with Gasteiger partial charge in [0.05, 0.1) is 4.88 Å². The lowest BCUT2D eigenvalue weighted by molar-refractivity contribution is -0.119. The van der Waals surface area contributed by atoms with Crippen LogP contribution in [0.3, 0.4) is 0 Å². The Morgan fingerprint density at radius 1 is 1.25 bits per heavy atom. The van der Waals surface area contributed by atoms with Crippen molar-refractivity contribution < 1.29 is 9.59 Å². The molecular weight excluding hydrogens is 394 g/mol. The van der Waals surface area contributed by atoms with Crippen LogP contribution in [0.4, 0.5) is 5.69 Å². The highest BCUT2D eigenvalue weighted by molar-refractivity contribution is 7.99. The number of carbonyl (C=O) groups excluding carboxylic acids is 2. The second-order valence-electron chi connectivity index (χ2n) is 6.47. The largest absolute Gasteiger partial charge is 0.326 e. The molecule has 2 amide bonds. The van der Waals surface area contributed by atoms with E-state index in [1.54, 1.807) is 17.3 Å². The molecular formula is C19H19N5O2S2. The molecule has 1 fully saturated rings. The second kappa shape index (κ2) is 8.15. The van der Waals surface area contributed by atoms with Crippen molar-refractivity contribution in [3.63, 3.8) is 0 Å². The van der Waals surface area contributed by atoms with Crippen LogP contribution < -0.4 is 5.32 Å². The Balaban J connectivity index is 1.40. The summed E-state index contributed by atoms with van der Waals surface area (Å²) in [5.74, 6) is -0.209. The van der Waals surface area contributed by atoms with Crippen molar-refractivity contribution in [3.05, 3.63) is 53.0 Å². The first kappa shape index (κ1) is 18.7. The van der Waals surface area contributed by atoms with E-state index >= 15 is 0 Å². The van der Waals surface area contributed by atoms with Crippen molar-refractivity contribution >= 4 is 40.6 Å². The number of nitrogens with one attached hydrogen (secondary N) is 1. The molecule has 7 nitrogen and oxygen atoms in total.